The van der Waals surface area contributed by atoms with E-state index >= 15 is 0 Å². The van der Waals surface area contributed by atoms with Gasteiger partial charge in [0.05, 0.1) is 5.69 Å². The minimum Gasteiger partial charge on any atom is -0.464 e. The van der Waals surface area contributed by atoms with Gasteiger partial charge in [-0.2, -0.15) is 4.90 Å². The van der Waals surface area contributed by atoms with Crippen molar-refractivity contribution in [3.8, 4) is 0 Å². The predicted octanol–water partition coefficient (Wildman–Crippen LogP) is 1.32. The Bertz CT molecular complexity index is 404. The molecule has 0 heterocycles. The normalized spacial score (nSPS) is 9.62. The molecule has 1 rings (SSSR count). The molecular formula is C10H13N3O3. The molecule has 6 heteroatoms. The number of urea groups is 1. The first-order valence-electron chi connectivity index (χ1n) is 4.53. The van der Waals surface area contributed by atoms with Crippen LogP contribution < -0.4 is 15.5 Å². The molecule has 0 saturated carbocycles. The summed E-state index contributed by atoms with van der Waals surface area (Å²) in [5, 5.41) is 8.84. The van der Waals surface area contributed by atoms with E-state index in [9.17, 15) is 9.59 Å². The summed E-state index contributed by atoms with van der Waals surface area (Å²) in [5.74, 6) is 0. The second-order valence-electron chi connectivity index (χ2n) is 3.37. The van der Waals surface area contributed by atoms with E-state index in [-0.39, 0.29) is 5.69 Å². The van der Waals surface area contributed by atoms with Crippen molar-refractivity contribution in [2.24, 2.45) is 5.73 Å². The van der Waals surface area contributed by atoms with Crippen molar-refractivity contribution in [3.05, 3.63) is 24.3 Å². The van der Waals surface area contributed by atoms with Crippen molar-refractivity contribution < 1.29 is 14.7 Å². The van der Waals surface area contributed by atoms with Gasteiger partial charge >= 0.3 is 12.1 Å². The van der Waals surface area contributed by atoms with E-state index in [2.05, 4.69) is 0 Å². The van der Waals surface area contributed by atoms with Crippen molar-refractivity contribution in [1.82, 2.24) is 0 Å². The Morgan fingerprint density at radius 3 is 2.25 bits per heavy atom. The van der Waals surface area contributed by atoms with Crippen LogP contribution in [0.1, 0.15) is 0 Å². The molecule has 3 N–H and O–H groups in total. The number of nitrogens with two attached hydrogens (primary N) is 1. The Kier molecular flexibility index (Phi) is 3.34. The van der Waals surface area contributed by atoms with Crippen LogP contribution in [0.4, 0.5) is 21.0 Å². The lowest BCUT2D eigenvalue weighted by Gasteiger charge is -2.18. The van der Waals surface area contributed by atoms with Crippen molar-refractivity contribution in [1.29, 1.82) is 0 Å². The zero-order valence-electron chi connectivity index (χ0n) is 9.04. The number of nitrogens with zero attached hydrogens (tertiary/aromatic N) is 2. The van der Waals surface area contributed by atoms with E-state index in [4.69, 9.17) is 10.8 Å². The van der Waals surface area contributed by atoms with Crippen molar-refractivity contribution in [3.63, 3.8) is 0 Å². The van der Waals surface area contributed by atoms with E-state index in [0.717, 1.165) is 5.69 Å². The van der Waals surface area contributed by atoms with Gasteiger partial charge in [-0.15, -0.1) is 0 Å². The second-order valence-corrected chi connectivity index (χ2v) is 3.37. The summed E-state index contributed by atoms with van der Waals surface area (Å²) in [5.41, 5.74) is 6.00. The molecule has 16 heavy (non-hydrogen) atoms. The van der Waals surface area contributed by atoms with Crippen LogP contribution in [0.25, 0.3) is 0 Å². The first-order valence-corrected chi connectivity index (χ1v) is 4.53. The van der Waals surface area contributed by atoms with Gasteiger partial charge in [0, 0.05) is 19.8 Å². The van der Waals surface area contributed by atoms with Gasteiger partial charge in [0.25, 0.3) is 0 Å². The molecule has 0 fully saturated rings. The molecular weight excluding hydrogens is 210 g/mol. The lowest BCUT2D eigenvalue weighted by Crippen LogP contribution is -2.39. The molecule has 0 atom stereocenters. The lowest BCUT2D eigenvalue weighted by atomic mass is 10.2. The molecule has 0 aromatic heterocycles. The predicted molar refractivity (Wildman–Crippen MR) is 60.9 cm³/mol. The minimum absolute atomic E-state index is 0.228. The lowest BCUT2D eigenvalue weighted by molar-refractivity contribution is 0.200. The van der Waals surface area contributed by atoms with Gasteiger partial charge < -0.3 is 15.7 Å². The Morgan fingerprint density at radius 1 is 1.25 bits per heavy atom. The fourth-order valence-corrected chi connectivity index (χ4v) is 1.24. The summed E-state index contributed by atoms with van der Waals surface area (Å²) in [6, 6.07) is 5.50. The topological polar surface area (TPSA) is 86.9 Å². The van der Waals surface area contributed by atoms with Crippen LogP contribution in [0.3, 0.4) is 0 Å². The number of carboxylic acid groups (broad SMARTS) is 1. The minimum atomic E-state index is -1.40. The number of imide groups is 1. The van der Waals surface area contributed by atoms with E-state index in [1.54, 1.807) is 23.1 Å². The van der Waals surface area contributed by atoms with Crippen molar-refractivity contribution in [2.45, 2.75) is 0 Å². The first-order chi connectivity index (χ1) is 7.43. The van der Waals surface area contributed by atoms with Gasteiger partial charge in [-0.05, 0) is 18.2 Å². The molecule has 1 aromatic rings. The maximum Gasteiger partial charge on any atom is 0.420 e. The summed E-state index contributed by atoms with van der Waals surface area (Å²) in [4.78, 5) is 24.1. The molecule has 0 aliphatic carbocycles. The highest BCUT2D eigenvalue weighted by Gasteiger charge is 2.20. The molecule has 0 saturated heterocycles. The van der Waals surface area contributed by atoms with E-state index in [1.165, 1.54) is 6.07 Å². The Hall–Kier alpha value is -2.24. The fraction of sp³-hybridized carbons (Fsp3) is 0.200. The monoisotopic (exact) mass is 223 g/mol. The average Bonchev–Trinajstić information content (AvgIpc) is 2.16. The zero-order chi connectivity index (χ0) is 12.3. The molecule has 0 aliphatic rings. The molecule has 0 aliphatic heterocycles. The largest absolute Gasteiger partial charge is 0.464 e. The summed E-state index contributed by atoms with van der Waals surface area (Å²) in [7, 11) is 3.63. The summed E-state index contributed by atoms with van der Waals surface area (Å²) in [6.07, 6.45) is -1.40. The highest BCUT2D eigenvalue weighted by Crippen LogP contribution is 2.21. The van der Waals surface area contributed by atoms with E-state index < -0.39 is 12.1 Å². The molecule has 0 radical (unpaired) electrons. The number of primary amides is 1. The molecule has 1 aromatic carbocycles. The SMILES string of the molecule is CN(C)c1cccc(N(C(N)=O)C(=O)O)c1. The van der Waals surface area contributed by atoms with Crippen LogP contribution in [-0.2, 0) is 0 Å². The average molecular weight is 223 g/mol. The van der Waals surface area contributed by atoms with E-state index in [0.29, 0.717) is 4.90 Å². The van der Waals surface area contributed by atoms with Crippen LogP contribution in [0.2, 0.25) is 0 Å². The van der Waals surface area contributed by atoms with E-state index in [1.807, 2.05) is 14.1 Å². The van der Waals surface area contributed by atoms with Crippen LogP contribution in [0.15, 0.2) is 24.3 Å². The third-order valence-corrected chi connectivity index (χ3v) is 2.02. The number of hydrogen-bond donors (Lipinski definition) is 2. The smallest absolute Gasteiger partial charge is 0.420 e. The van der Waals surface area contributed by atoms with Gasteiger partial charge in [-0.25, -0.2) is 9.59 Å². The van der Waals surface area contributed by atoms with Gasteiger partial charge in [0.2, 0.25) is 0 Å². The molecule has 3 amide bonds. The number of carbonyl (C=O) groups is 2. The Morgan fingerprint density at radius 2 is 1.81 bits per heavy atom. The maximum absolute atomic E-state index is 11.0. The van der Waals surface area contributed by atoms with Crippen LogP contribution in [0.5, 0.6) is 0 Å². The summed E-state index contributed by atoms with van der Waals surface area (Å²) >= 11 is 0. The molecule has 0 unspecified atom stereocenters. The Balaban J connectivity index is 3.15. The fourth-order valence-electron chi connectivity index (χ4n) is 1.24. The summed E-state index contributed by atoms with van der Waals surface area (Å²) in [6.45, 7) is 0. The van der Waals surface area contributed by atoms with Gasteiger partial charge in [0.15, 0.2) is 0 Å². The van der Waals surface area contributed by atoms with Crippen LogP contribution in [0, 0.1) is 0 Å². The van der Waals surface area contributed by atoms with Crippen molar-refractivity contribution in [2.75, 3.05) is 23.9 Å². The van der Waals surface area contributed by atoms with Crippen LogP contribution in [-0.4, -0.2) is 31.3 Å². The third kappa shape index (κ3) is 2.41. The Labute approximate surface area is 92.9 Å². The van der Waals surface area contributed by atoms with Gasteiger partial charge in [-0.1, -0.05) is 6.07 Å². The molecule has 0 bridgehead atoms. The van der Waals surface area contributed by atoms with Gasteiger partial charge in [-0.3, -0.25) is 0 Å². The van der Waals surface area contributed by atoms with Gasteiger partial charge in [0.1, 0.15) is 0 Å². The first kappa shape index (κ1) is 11.8. The number of carbonyl (C=O) groups excluding carboxylic acids is 1. The van der Waals surface area contributed by atoms with Crippen LogP contribution >= 0.6 is 0 Å². The zero-order valence-corrected chi connectivity index (χ0v) is 9.04. The number of benzene rings is 1. The number of hydrogen-bond acceptors (Lipinski definition) is 3. The number of rotatable bonds is 2. The molecule has 0 spiro atoms. The number of anilines is 2. The highest BCUT2D eigenvalue weighted by molar-refractivity contribution is 6.10. The molecule has 6 nitrogen and oxygen atoms in total. The third-order valence-electron chi connectivity index (χ3n) is 2.02. The quantitative estimate of drug-likeness (QED) is 0.791. The molecule has 86 valence electrons. The number of amides is 3. The standard InChI is InChI=1S/C10H13N3O3/c1-12(2)7-4-3-5-8(6-7)13(9(11)14)10(15)16/h3-6H,1-2H3,(H2,11,14)(H,15,16). The second kappa shape index (κ2) is 4.52. The maximum atomic E-state index is 11.0. The highest BCUT2D eigenvalue weighted by atomic mass is 16.4. The summed E-state index contributed by atoms with van der Waals surface area (Å²) < 4.78 is 0. The van der Waals surface area contributed by atoms with Crippen molar-refractivity contribution >= 4 is 23.5 Å².